The van der Waals surface area contributed by atoms with Crippen molar-refractivity contribution < 1.29 is 8.83 Å². The third kappa shape index (κ3) is 5.51. The summed E-state index contributed by atoms with van der Waals surface area (Å²) in [4.78, 5) is 16.0. The maximum atomic E-state index is 7.24. The van der Waals surface area contributed by atoms with Crippen LogP contribution in [0.2, 0.25) is 0 Å². The molecule has 0 amide bonds. The molecular formula is C59H34N4O2. The van der Waals surface area contributed by atoms with E-state index in [0.29, 0.717) is 17.5 Å². The Morgan fingerprint density at radius 2 is 0.985 bits per heavy atom. The zero-order valence-electron chi connectivity index (χ0n) is 34.7. The molecule has 14 aromatic rings. The molecule has 0 N–H and O–H groups in total. The van der Waals surface area contributed by atoms with Crippen molar-refractivity contribution in [3.63, 3.8) is 0 Å². The van der Waals surface area contributed by atoms with Crippen LogP contribution in [0.25, 0.3) is 138 Å². The second-order valence-electron chi connectivity index (χ2n) is 16.7. The number of fused-ring (bicyclic) bond motifs is 12. The molecule has 0 spiro atoms. The third-order valence-electron chi connectivity index (χ3n) is 13.0. The van der Waals surface area contributed by atoms with E-state index in [-0.39, 0.29) is 0 Å². The molecule has 0 radical (unpaired) electrons. The van der Waals surface area contributed by atoms with Crippen molar-refractivity contribution in [1.29, 1.82) is 0 Å². The summed E-state index contributed by atoms with van der Waals surface area (Å²) in [5, 5.41) is 10.9. The summed E-state index contributed by atoms with van der Waals surface area (Å²) in [6, 6.07) is 72.1. The lowest BCUT2D eigenvalue weighted by molar-refractivity contribution is 0.669. The lowest BCUT2D eigenvalue weighted by atomic mass is 10.0. The van der Waals surface area contributed by atoms with Gasteiger partial charge in [-0.05, 0) is 94.0 Å². The van der Waals surface area contributed by atoms with E-state index in [9.17, 15) is 0 Å². The molecule has 6 nitrogen and oxygen atoms in total. The Hall–Kier alpha value is -8.87. The van der Waals surface area contributed by atoms with Gasteiger partial charge in [0.15, 0.2) is 23.1 Å². The smallest absolute Gasteiger partial charge is 0.164 e. The zero-order chi connectivity index (χ0) is 42.6. The minimum Gasteiger partial charge on any atom is -0.456 e. The number of hydrogen-bond donors (Lipinski definition) is 0. The lowest BCUT2D eigenvalue weighted by Crippen LogP contribution is -2.01. The summed E-state index contributed by atoms with van der Waals surface area (Å²) in [5.74, 6) is 1.68. The molecule has 4 heterocycles. The molecule has 0 bridgehead atoms. The van der Waals surface area contributed by atoms with Gasteiger partial charge in [-0.1, -0.05) is 140 Å². The van der Waals surface area contributed by atoms with Gasteiger partial charge in [-0.15, -0.1) is 0 Å². The summed E-state index contributed by atoms with van der Waals surface area (Å²) >= 11 is 0. The van der Waals surface area contributed by atoms with Gasteiger partial charge in [-0.2, -0.15) is 0 Å². The Balaban J connectivity index is 1.07. The first-order valence-electron chi connectivity index (χ1n) is 21.8. The number of hydrogen-bond acceptors (Lipinski definition) is 5. The average Bonchev–Trinajstić information content (AvgIpc) is 4.05. The van der Waals surface area contributed by atoms with Crippen LogP contribution in [0.1, 0.15) is 0 Å². The van der Waals surface area contributed by atoms with Crippen LogP contribution in [0, 0.1) is 0 Å². The zero-order valence-corrected chi connectivity index (χ0v) is 34.7. The number of furan rings is 2. The van der Waals surface area contributed by atoms with E-state index < -0.39 is 0 Å². The average molecular weight is 831 g/mol. The molecule has 4 aromatic heterocycles. The van der Waals surface area contributed by atoms with E-state index in [1.165, 1.54) is 21.5 Å². The van der Waals surface area contributed by atoms with Gasteiger partial charge in [0.1, 0.15) is 16.7 Å². The summed E-state index contributed by atoms with van der Waals surface area (Å²) in [6.45, 7) is 0. The Kier molecular flexibility index (Phi) is 7.59. The van der Waals surface area contributed by atoms with Crippen LogP contribution in [0.3, 0.4) is 0 Å². The first-order valence-corrected chi connectivity index (χ1v) is 21.8. The van der Waals surface area contributed by atoms with Crippen molar-refractivity contribution in [2.24, 2.45) is 0 Å². The molecule has 0 saturated carbocycles. The first-order chi connectivity index (χ1) is 32.2. The van der Waals surface area contributed by atoms with Crippen molar-refractivity contribution in [2.45, 2.75) is 0 Å². The van der Waals surface area contributed by atoms with Gasteiger partial charge in [0.05, 0.1) is 16.7 Å². The molecule has 0 fully saturated rings. The van der Waals surface area contributed by atoms with E-state index in [0.717, 1.165) is 99.2 Å². The molecule has 65 heavy (non-hydrogen) atoms. The van der Waals surface area contributed by atoms with Crippen LogP contribution in [-0.2, 0) is 0 Å². The summed E-state index contributed by atoms with van der Waals surface area (Å²) in [6.07, 6.45) is 0. The highest BCUT2D eigenvalue weighted by molar-refractivity contribution is 6.21. The van der Waals surface area contributed by atoms with Gasteiger partial charge in [-0.3, -0.25) is 0 Å². The van der Waals surface area contributed by atoms with Crippen molar-refractivity contribution in [2.75, 3.05) is 0 Å². The summed E-state index contributed by atoms with van der Waals surface area (Å²) in [5.41, 5.74) is 11.2. The molecule has 0 saturated heterocycles. The van der Waals surface area contributed by atoms with Crippen molar-refractivity contribution in [3.05, 3.63) is 206 Å². The fourth-order valence-electron chi connectivity index (χ4n) is 9.96. The number of para-hydroxylation sites is 2. The van der Waals surface area contributed by atoms with E-state index in [1.54, 1.807) is 0 Å². The predicted molar refractivity (Wildman–Crippen MR) is 265 cm³/mol. The van der Waals surface area contributed by atoms with Crippen LogP contribution >= 0.6 is 0 Å². The lowest BCUT2D eigenvalue weighted by Gasteiger charge is -2.13. The van der Waals surface area contributed by atoms with Gasteiger partial charge < -0.3 is 13.4 Å². The molecule has 0 aliphatic heterocycles. The van der Waals surface area contributed by atoms with Crippen LogP contribution in [0.5, 0.6) is 0 Å². The highest BCUT2D eigenvalue weighted by Gasteiger charge is 2.24. The molecule has 0 atom stereocenters. The minimum absolute atomic E-state index is 0.549. The Morgan fingerprint density at radius 1 is 0.323 bits per heavy atom. The van der Waals surface area contributed by atoms with Crippen LogP contribution < -0.4 is 0 Å². The van der Waals surface area contributed by atoms with Gasteiger partial charge in [-0.25, -0.2) is 15.0 Å². The summed E-state index contributed by atoms with van der Waals surface area (Å²) < 4.78 is 15.8. The number of aromatic nitrogens is 4. The monoisotopic (exact) mass is 830 g/mol. The topological polar surface area (TPSA) is 69.9 Å². The van der Waals surface area contributed by atoms with Gasteiger partial charge in [0.2, 0.25) is 0 Å². The van der Waals surface area contributed by atoms with E-state index >= 15 is 0 Å². The van der Waals surface area contributed by atoms with E-state index in [1.807, 2.05) is 36.4 Å². The Bertz CT molecular complexity index is 4250. The molecule has 0 aliphatic rings. The summed E-state index contributed by atoms with van der Waals surface area (Å²) in [7, 11) is 0. The minimum atomic E-state index is 0.549. The van der Waals surface area contributed by atoms with Crippen molar-refractivity contribution in [1.82, 2.24) is 19.5 Å². The number of benzene rings is 10. The highest BCUT2D eigenvalue weighted by Crippen LogP contribution is 2.45. The standard InChI is InChI=1S/C59H34N4O2/c1-2-13-35(14-3-1)37-18-12-19-40(31-37)57-60-58(41-26-30-53-48(33-41)44-22-9-11-24-52(44)64-53)62-59(61-57)46-28-29-50(56-54(46)45-27-25-36-15-6-7-20-42(36)55(45)65-56)63-49-23-10-8-21-43(49)47-32-38-16-4-5-17-39(38)34-51(47)63/h1-34H. The fourth-order valence-corrected chi connectivity index (χ4v) is 9.96. The van der Waals surface area contributed by atoms with Crippen LogP contribution in [-0.4, -0.2) is 19.5 Å². The van der Waals surface area contributed by atoms with E-state index in [4.69, 9.17) is 23.8 Å². The highest BCUT2D eigenvalue weighted by atomic mass is 16.3. The quantitative estimate of drug-likeness (QED) is 0.173. The van der Waals surface area contributed by atoms with Crippen LogP contribution in [0.4, 0.5) is 0 Å². The molecular weight excluding hydrogens is 797 g/mol. The van der Waals surface area contributed by atoms with Gasteiger partial charge >= 0.3 is 0 Å². The van der Waals surface area contributed by atoms with Gasteiger partial charge in [0.25, 0.3) is 0 Å². The molecule has 0 unspecified atom stereocenters. The van der Waals surface area contributed by atoms with E-state index in [2.05, 4.69) is 174 Å². The Morgan fingerprint density at radius 3 is 1.85 bits per heavy atom. The third-order valence-corrected chi connectivity index (χ3v) is 13.0. The number of nitrogens with zero attached hydrogens (tertiary/aromatic N) is 4. The normalized spacial score (nSPS) is 12.0. The maximum absolute atomic E-state index is 7.24. The molecule has 10 aromatic carbocycles. The van der Waals surface area contributed by atoms with Crippen molar-refractivity contribution in [3.8, 4) is 51.0 Å². The molecule has 302 valence electrons. The second kappa shape index (κ2) is 13.8. The van der Waals surface area contributed by atoms with Gasteiger partial charge in [0, 0.05) is 54.4 Å². The molecule has 0 aliphatic carbocycles. The Labute approximate surface area is 371 Å². The van der Waals surface area contributed by atoms with Crippen molar-refractivity contribution >= 4 is 87.2 Å². The second-order valence-corrected chi connectivity index (χ2v) is 16.7. The van der Waals surface area contributed by atoms with Crippen LogP contribution in [0.15, 0.2) is 215 Å². The molecule has 6 heteroatoms. The molecule has 14 rings (SSSR count). The largest absolute Gasteiger partial charge is 0.456 e. The first kappa shape index (κ1) is 35.7. The number of rotatable bonds is 5. The SMILES string of the molecule is c1ccc(-c2cccc(-c3nc(-c4ccc5oc6ccccc6c5c4)nc(-c4ccc(-n5c6ccccc6c6cc7ccccc7cc65)c5oc6c7ccccc7ccc6c45)n3)c2)cc1. The fraction of sp³-hybridized carbons (Fsp3) is 0. The maximum Gasteiger partial charge on any atom is 0.164 e. The predicted octanol–water partition coefficient (Wildman–Crippen LogP) is 15.7.